The second-order valence-electron chi connectivity index (χ2n) is 4.33. The predicted molar refractivity (Wildman–Crippen MR) is 79.6 cm³/mol. The van der Waals surface area contributed by atoms with Gasteiger partial charge in [0.15, 0.2) is 5.82 Å². The molecule has 18 heavy (non-hydrogen) atoms. The first-order valence-corrected chi connectivity index (χ1v) is 7.24. The fourth-order valence-corrected chi connectivity index (χ4v) is 2.96. The van der Waals surface area contributed by atoms with Crippen LogP contribution in [0.5, 0.6) is 0 Å². The Morgan fingerprint density at radius 3 is 3.11 bits per heavy atom. The summed E-state index contributed by atoms with van der Waals surface area (Å²) in [5.41, 5.74) is 1.05. The summed E-state index contributed by atoms with van der Waals surface area (Å²) in [5.74, 6) is 1.90. The van der Waals surface area contributed by atoms with Gasteiger partial charge < -0.3 is 9.88 Å². The van der Waals surface area contributed by atoms with Gasteiger partial charge in [-0.3, -0.25) is 0 Å². The second-order valence-corrected chi connectivity index (χ2v) is 5.93. The Hall–Kier alpha value is -0.660. The molecule has 0 saturated carbocycles. The monoisotopic (exact) mass is 374 g/mol. The number of halogens is 2. The zero-order valence-electron chi connectivity index (χ0n) is 9.82. The molecule has 1 aromatic carbocycles. The molecule has 1 aliphatic rings. The lowest BCUT2D eigenvalue weighted by molar-refractivity contribution is 0.439. The Morgan fingerprint density at radius 1 is 1.44 bits per heavy atom. The minimum Gasteiger partial charge on any atom is -0.308 e. The number of hydrogen-bond acceptors (Lipinski definition) is 3. The molecule has 0 radical (unpaired) electrons. The van der Waals surface area contributed by atoms with Crippen molar-refractivity contribution in [2.45, 2.75) is 19.5 Å². The zero-order chi connectivity index (χ0) is 12.7. The van der Waals surface area contributed by atoms with E-state index in [2.05, 4.69) is 49.6 Å². The maximum atomic E-state index is 6.07. The number of hydrogen-bond donors (Lipinski definition) is 1. The topological polar surface area (TPSA) is 42.7 Å². The molecule has 3 rings (SSSR count). The lowest BCUT2D eigenvalue weighted by Crippen LogP contribution is -2.32. The van der Waals surface area contributed by atoms with Crippen molar-refractivity contribution >= 4 is 34.2 Å². The highest BCUT2D eigenvalue weighted by Crippen LogP contribution is 2.29. The standard InChI is InChI=1S/C12H12ClIN4/c1-7-11-16-17-12(18(11)5-4-15-7)9-6-8(13)2-3-10(9)14/h2-3,6-7,15H,4-5H2,1H3. The lowest BCUT2D eigenvalue weighted by Gasteiger charge is -2.22. The average Bonchev–Trinajstić information content (AvgIpc) is 2.77. The van der Waals surface area contributed by atoms with Gasteiger partial charge in [0.05, 0.1) is 6.04 Å². The van der Waals surface area contributed by atoms with E-state index in [0.717, 1.165) is 38.9 Å². The van der Waals surface area contributed by atoms with E-state index in [1.54, 1.807) is 0 Å². The average molecular weight is 375 g/mol. The SMILES string of the molecule is CC1NCCn2c(-c3cc(Cl)ccc3I)nnc21. The maximum absolute atomic E-state index is 6.07. The van der Waals surface area contributed by atoms with Crippen molar-refractivity contribution < 1.29 is 0 Å². The molecule has 1 atom stereocenters. The summed E-state index contributed by atoms with van der Waals surface area (Å²) < 4.78 is 3.31. The fourth-order valence-electron chi connectivity index (χ4n) is 2.21. The van der Waals surface area contributed by atoms with Crippen LogP contribution in [0, 0.1) is 3.57 Å². The molecule has 6 heteroatoms. The second kappa shape index (κ2) is 4.79. The van der Waals surface area contributed by atoms with Crippen LogP contribution in [0.15, 0.2) is 18.2 Å². The number of rotatable bonds is 1. The minimum absolute atomic E-state index is 0.247. The van der Waals surface area contributed by atoms with E-state index in [1.807, 2.05) is 18.2 Å². The summed E-state index contributed by atoms with van der Waals surface area (Å²) in [6.07, 6.45) is 0. The normalized spacial score (nSPS) is 18.7. The Kier molecular flexibility index (Phi) is 3.29. The number of aromatic nitrogens is 3. The lowest BCUT2D eigenvalue weighted by atomic mass is 10.2. The first-order chi connectivity index (χ1) is 8.66. The molecule has 0 spiro atoms. The summed E-state index contributed by atoms with van der Waals surface area (Å²) in [6, 6.07) is 6.10. The predicted octanol–water partition coefficient (Wildman–Crippen LogP) is 2.87. The molecule has 0 saturated heterocycles. The summed E-state index contributed by atoms with van der Waals surface area (Å²) in [4.78, 5) is 0. The molecule has 0 fully saturated rings. The Balaban J connectivity index is 2.15. The number of nitrogens with one attached hydrogen (secondary N) is 1. The molecule has 0 aliphatic carbocycles. The van der Waals surface area contributed by atoms with E-state index in [0.29, 0.717) is 0 Å². The molecule has 4 nitrogen and oxygen atoms in total. The molecule has 1 aromatic heterocycles. The summed E-state index contributed by atoms with van der Waals surface area (Å²) in [7, 11) is 0. The van der Waals surface area contributed by atoms with Gasteiger partial charge in [0, 0.05) is 27.2 Å². The quantitative estimate of drug-likeness (QED) is 0.781. The van der Waals surface area contributed by atoms with Crippen molar-refractivity contribution in [2.75, 3.05) is 6.54 Å². The van der Waals surface area contributed by atoms with Crippen molar-refractivity contribution in [3.63, 3.8) is 0 Å². The first-order valence-electron chi connectivity index (χ1n) is 5.78. The van der Waals surface area contributed by atoms with Crippen LogP contribution in [-0.4, -0.2) is 21.3 Å². The maximum Gasteiger partial charge on any atom is 0.165 e. The van der Waals surface area contributed by atoms with E-state index < -0.39 is 0 Å². The van der Waals surface area contributed by atoms with Gasteiger partial charge in [-0.05, 0) is 47.7 Å². The van der Waals surface area contributed by atoms with E-state index in [1.165, 1.54) is 0 Å². The molecule has 0 amide bonds. The van der Waals surface area contributed by atoms with Crippen LogP contribution in [0.3, 0.4) is 0 Å². The van der Waals surface area contributed by atoms with Crippen molar-refractivity contribution in [1.82, 2.24) is 20.1 Å². The van der Waals surface area contributed by atoms with E-state index >= 15 is 0 Å². The van der Waals surface area contributed by atoms with Crippen LogP contribution in [-0.2, 0) is 6.54 Å². The van der Waals surface area contributed by atoms with Crippen molar-refractivity contribution in [1.29, 1.82) is 0 Å². The fraction of sp³-hybridized carbons (Fsp3) is 0.333. The third-order valence-corrected chi connectivity index (χ3v) is 4.30. The van der Waals surface area contributed by atoms with E-state index in [9.17, 15) is 0 Å². The van der Waals surface area contributed by atoms with Crippen molar-refractivity contribution in [2.24, 2.45) is 0 Å². The van der Waals surface area contributed by atoms with Crippen LogP contribution in [0.4, 0.5) is 0 Å². The van der Waals surface area contributed by atoms with Gasteiger partial charge in [-0.1, -0.05) is 11.6 Å². The van der Waals surface area contributed by atoms with Gasteiger partial charge >= 0.3 is 0 Å². The molecule has 1 unspecified atom stereocenters. The smallest absolute Gasteiger partial charge is 0.165 e. The summed E-state index contributed by atoms with van der Waals surface area (Å²) >= 11 is 8.38. The third kappa shape index (κ3) is 2.04. The van der Waals surface area contributed by atoms with Gasteiger partial charge in [-0.2, -0.15) is 0 Å². The van der Waals surface area contributed by atoms with E-state index in [-0.39, 0.29) is 6.04 Å². The van der Waals surface area contributed by atoms with Gasteiger partial charge in [0.25, 0.3) is 0 Å². The Labute approximate surface area is 124 Å². The molecule has 1 aliphatic heterocycles. The van der Waals surface area contributed by atoms with Crippen LogP contribution in [0.2, 0.25) is 5.02 Å². The zero-order valence-corrected chi connectivity index (χ0v) is 12.7. The van der Waals surface area contributed by atoms with Crippen LogP contribution >= 0.6 is 34.2 Å². The van der Waals surface area contributed by atoms with Crippen LogP contribution < -0.4 is 5.32 Å². The molecule has 1 N–H and O–H groups in total. The summed E-state index contributed by atoms with van der Waals surface area (Å²) in [6.45, 7) is 3.94. The number of benzene rings is 1. The van der Waals surface area contributed by atoms with Crippen LogP contribution in [0.1, 0.15) is 18.8 Å². The molecule has 2 heterocycles. The number of fused-ring (bicyclic) bond motifs is 1. The minimum atomic E-state index is 0.247. The highest BCUT2D eigenvalue weighted by molar-refractivity contribution is 14.1. The van der Waals surface area contributed by atoms with Gasteiger partial charge in [-0.15, -0.1) is 10.2 Å². The first kappa shape index (κ1) is 12.4. The highest BCUT2D eigenvalue weighted by Gasteiger charge is 2.22. The number of nitrogens with zero attached hydrogens (tertiary/aromatic N) is 3. The molecular formula is C12H12ClIN4. The van der Waals surface area contributed by atoms with Crippen molar-refractivity contribution in [3.05, 3.63) is 32.6 Å². The largest absolute Gasteiger partial charge is 0.308 e. The van der Waals surface area contributed by atoms with Gasteiger partial charge in [0.2, 0.25) is 0 Å². The van der Waals surface area contributed by atoms with Gasteiger partial charge in [0.1, 0.15) is 5.82 Å². The Bertz CT molecular complexity index is 596. The van der Waals surface area contributed by atoms with Gasteiger partial charge in [-0.25, -0.2) is 0 Å². The Morgan fingerprint density at radius 2 is 2.28 bits per heavy atom. The molecular weight excluding hydrogens is 363 g/mol. The van der Waals surface area contributed by atoms with E-state index in [4.69, 9.17) is 11.6 Å². The third-order valence-electron chi connectivity index (χ3n) is 3.12. The van der Waals surface area contributed by atoms with Crippen molar-refractivity contribution in [3.8, 4) is 11.4 Å². The highest BCUT2D eigenvalue weighted by atomic mass is 127. The molecule has 2 aromatic rings. The van der Waals surface area contributed by atoms with Crippen LogP contribution in [0.25, 0.3) is 11.4 Å². The molecule has 0 bridgehead atoms. The summed E-state index contributed by atoms with van der Waals surface area (Å²) in [5, 5.41) is 12.7. The molecule has 94 valence electrons.